The Balaban J connectivity index is 0.000000219. The van der Waals surface area contributed by atoms with Gasteiger partial charge < -0.3 is 20.8 Å². The molecule has 3 rings (SSSR count). The van der Waals surface area contributed by atoms with Crippen molar-refractivity contribution < 1.29 is 29.4 Å². The van der Waals surface area contributed by atoms with E-state index < -0.39 is 23.9 Å². The Morgan fingerprint density at radius 2 is 1.96 bits per heavy atom. The van der Waals surface area contributed by atoms with E-state index in [0.717, 1.165) is 25.0 Å². The maximum absolute atomic E-state index is 11.1. The molecule has 3 fully saturated rings. The molecule has 10 heteroatoms. The number of aliphatic carboxylic acids is 1. The van der Waals surface area contributed by atoms with Gasteiger partial charge in [-0.1, -0.05) is 6.42 Å². The minimum atomic E-state index is -1.11. The molecular weight excluding hydrogens is 338 g/mol. The third-order valence-corrected chi connectivity index (χ3v) is 5.52. The lowest BCUT2D eigenvalue weighted by atomic mass is 10.0. The van der Waals surface area contributed by atoms with Crippen molar-refractivity contribution >= 4 is 35.6 Å². The summed E-state index contributed by atoms with van der Waals surface area (Å²) in [4.78, 5) is 41.8. The fraction of sp³-hybridized carbons (Fsp3) is 0.714. The molecule has 134 valence electrons. The van der Waals surface area contributed by atoms with Crippen LogP contribution < -0.4 is 16.0 Å². The van der Waals surface area contributed by atoms with Crippen LogP contribution >= 0.6 is 11.8 Å². The van der Waals surface area contributed by atoms with Gasteiger partial charge in [-0.3, -0.25) is 19.7 Å². The number of hydrogen-bond donors (Lipinski definition) is 5. The third-order valence-electron chi connectivity index (χ3n) is 4.01. The van der Waals surface area contributed by atoms with Crippen LogP contribution in [0.1, 0.15) is 32.1 Å². The number of amides is 4. The van der Waals surface area contributed by atoms with Gasteiger partial charge in [0.25, 0.3) is 5.91 Å². The number of carbonyl (C=O) groups excluding carboxylic acids is 3. The quantitative estimate of drug-likeness (QED) is 0.245. The van der Waals surface area contributed by atoms with Gasteiger partial charge in [0.1, 0.15) is 6.10 Å². The summed E-state index contributed by atoms with van der Waals surface area (Å²) < 4.78 is 0. The van der Waals surface area contributed by atoms with E-state index in [1.54, 1.807) is 0 Å². The molecule has 5 N–H and O–H groups in total. The van der Waals surface area contributed by atoms with Crippen molar-refractivity contribution in [2.75, 3.05) is 5.75 Å². The van der Waals surface area contributed by atoms with Gasteiger partial charge in [-0.15, -0.1) is 0 Å². The molecule has 3 aliphatic rings. The summed E-state index contributed by atoms with van der Waals surface area (Å²) in [6.07, 6.45) is 1.69. The molecule has 3 heterocycles. The van der Waals surface area contributed by atoms with Crippen molar-refractivity contribution in [3.8, 4) is 0 Å². The lowest BCUT2D eigenvalue weighted by molar-refractivity contribution is -0.137. The lowest BCUT2D eigenvalue weighted by Crippen LogP contribution is -2.36. The molecule has 0 aromatic carbocycles. The number of aliphatic hydroxyl groups excluding tert-OH is 1. The molecule has 0 aromatic rings. The van der Waals surface area contributed by atoms with Gasteiger partial charge in [-0.05, 0) is 12.8 Å². The number of carbonyl (C=O) groups is 4. The molecule has 0 saturated carbocycles. The largest absolute Gasteiger partial charge is 0.481 e. The van der Waals surface area contributed by atoms with E-state index in [1.165, 1.54) is 0 Å². The molecule has 0 aliphatic carbocycles. The minimum absolute atomic E-state index is 0.0640. The molecule has 0 radical (unpaired) electrons. The second-order valence-corrected chi connectivity index (χ2v) is 7.17. The average molecular weight is 359 g/mol. The summed E-state index contributed by atoms with van der Waals surface area (Å²) in [6.45, 7) is 0. The number of aliphatic hydroxyl groups is 1. The molecule has 4 atom stereocenters. The van der Waals surface area contributed by atoms with E-state index in [9.17, 15) is 19.2 Å². The van der Waals surface area contributed by atoms with E-state index in [1.807, 2.05) is 17.1 Å². The number of carboxylic acid groups (broad SMARTS) is 1. The lowest BCUT2D eigenvalue weighted by Gasteiger charge is -2.16. The minimum Gasteiger partial charge on any atom is -0.481 e. The number of fused-ring (bicyclic) bond motifs is 1. The molecule has 24 heavy (non-hydrogen) atoms. The molecular formula is C14H21N3O6S. The number of rotatable bonds is 5. The molecule has 4 amide bonds. The Labute approximate surface area is 142 Å². The highest BCUT2D eigenvalue weighted by Crippen LogP contribution is 2.33. The Hall–Kier alpha value is -1.81. The molecule has 3 aliphatic heterocycles. The monoisotopic (exact) mass is 359 g/mol. The van der Waals surface area contributed by atoms with Gasteiger partial charge in [0.15, 0.2) is 0 Å². The standard InChI is InChI=1S/C10H16N2O3S.C4H5NO3/c13-8(14)4-2-1-3-7-9-6(5-16-7)11-10(15)12-9;6-2-1-3(7)5-4(2)8/h6-7,9H,1-5H2,(H,13,14)(H2,11,12,15);2,6H,1H2,(H,5,7,8)/t6-,7-,9-;/m0./s1. The Morgan fingerprint density at radius 3 is 2.50 bits per heavy atom. The summed E-state index contributed by atoms with van der Waals surface area (Å²) in [5.41, 5.74) is 0. The zero-order valence-corrected chi connectivity index (χ0v) is 13.8. The normalized spacial score (nSPS) is 30.8. The van der Waals surface area contributed by atoms with E-state index in [0.29, 0.717) is 5.25 Å². The third kappa shape index (κ3) is 5.10. The van der Waals surface area contributed by atoms with Crippen LogP contribution in [-0.4, -0.2) is 63.2 Å². The van der Waals surface area contributed by atoms with Gasteiger partial charge in [-0.25, -0.2) is 4.79 Å². The van der Waals surface area contributed by atoms with Crippen molar-refractivity contribution in [1.82, 2.24) is 16.0 Å². The molecule has 1 unspecified atom stereocenters. The topological polar surface area (TPSA) is 145 Å². The number of hydrogen-bond acceptors (Lipinski definition) is 6. The number of nitrogens with one attached hydrogen (secondary N) is 3. The van der Waals surface area contributed by atoms with E-state index in [-0.39, 0.29) is 31.0 Å². The van der Waals surface area contributed by atoms with E-state index in [4.69, 9.17) is 10.2 Å². The highest BCUT2D eigenvalue weighted by Gasteiger charge is 2.42. The predicted molar refractivity (Wildman–Crippen MR) is 85.4 cm³/mol. The SMILES string of the molecule is O=C(O)CCCC[C@@H]1SC[C@@H]2NC(=O)N[C@@H]21.O=C1CC(O)C(=O)N1. The van der Waals surface area contributed by atoms with Gasteiger partial charge in [0.05, 0.1) is 18.5 Å². The van der Waals surface area contributed by atoms with Crippen molar-refractivity contribution in [2.24, 2.45) is 0 Å². The number of unbranched alkanes of at least 4 members (excludes halogenated alkanes) is 1. The van der Waals surface area contributed by atoms with E-state index >= 15 is 0 Å². The molecule has 0 aromatic heterocycles. The number of urea groups is 1. The highest BCUT2D eigenvalue weighted by molar-refractivity contribution is 8.00. The summed E-state index contributed by atoms with van der Waals surface area (Å²) >= 11 is 1.87. The predicted octanol–water partition coefficient (Wildman–Crippen LogP) is -0.809. The van der Waals surface area contributed by atoms with Crippen LogP contribution in [0.25, 0.3) is 0 Å². The molecule has 0 spiro atoms. The Bertz CT molecular complexity index is 529. The fourth-order valence-corrected chi connectivity index (χ4v) is 4.35. The second kappa shape index (κ2) is 8.34. The van der Waals surface area contributed by atoms with Gasteiger partial charge in [0, 0.05) is 17.4 Å². The van der Waals surface area contributed by atoms with Crippen molar-refractivity contribution in [2.45, 2.75) is 55.5 Å². The molecule has 9 nitrogen and oxygen atoms in total. The molecule has 0 bridgehead atoms. The summed E-state index contributed by atoms with van der Waals surface area (Å²) in [5, 5.41) is 25.3. The first-order chi connectivity index (χ1) is 11.4. The zero-order valence-electron chi connectivity index (χ0n) is 13.0. The van der Waals surface area contributed by atoms with Gasteiger partial charge in [0.2, 0.25) is 5.91 Å². The zero-order chi connectivity index (χ0) is 17.7. The van der Waals surface area contributed by atoms with Crippen LogP contribution in [0.15, 0.2) is 0 Å². The first-order valence-electron chi connectivity index (χ1n) is 7.79. The van der Waals surface area contributed by atoms with Crippen molar-refractivity contribution in [1.29, 1.82) is 0 Å². The van der Waals surface area contributed by atoms with Crippen LogP contribution in [-0.2, 0) is 14.4 Å². The van der Waals surface area contributed by atoms with Crippen LogP contribution in [0.5, 0.6) is 0 Å². The van der Waals surface area contributed by atoms with Crippen LogP contribution in [0.2, 0.25) is 0 Å². The first-order valence-corrected chi connectivity index (χ1v) is 8.84. The smallest absolute Gasteiger partial charge is 0.315 e. The maximum Gasteiger partial charge on any atom is 0.315 e. The number of thioether (sulfide) groups is 1. The van der Waals surface area contributed by atoms with Crippen LogP contribution in [0.4, 0.5) is 4.79 Å². The van der Waals surface area contributed by atoms with Crippen LogP contribution in [0.3, 0.4) is 0 Å². The van der Waals surface area contributed by atoms with Crippen LogP contribution in [0, 0.1) is 0 Å². The first kappa shape index (κ1) is 18.5. The molecule has 3 saturated heterocycles. The fourth-order valence-electron chi connectivity index (χ4n) is 2.80. The number of carboxylic acids is 1. The van der Waals surface area contributed by atoms with Crippen molar-refractivity contribution in [3.63, 3.8) is 0 Å². The van der Waals surface area contributed by atoms with E-state index in [2.05, 4.69) is 10.6 Å². The summed E-state index contributed by atoms with van der Waals surface area (Å²) in [6, 6.07) is 0.440. The Morgan fingerprint density at radius 1 is 1.21 bits per heavy atom. The summed E-state index contributed by atoms with van der Waals surface area (Å²) in [7, 11) is 0. The Kier molecular flexibility index (Phi) is 6.44. The highest BCUT2D eigenvalue weighted by atomic mass is 32.2. The number of imide groups is 1. The van der Waals surface area contributed by atoms with Gasteiger partial charge in [-0.2, -0.15) is 11.8 Å². The summed E-state index contributed by atoms with van der Waals surface area (Å²) in [5.74, 6) is -0.752. The van der Waals surface area contributed by atoms with Crippen molar-refractivity contribution in [3.05, 3.63) is 0 Å². The second-order valence-electron chi connectivity index (χ2n) is 5.89. The van der Waals surface area contributed by atoms with Gasteiger partial charge >= 0.3 is 12.0 Å². The average Bonchev–Trinajstić information content (AvgIpc) is 3.11. The maximum atomic E-state index is 11.1.